The van der Waals surface area contributed by atoms with Crippen molar-refractivity contribution < 1.29 is 4.79 Å². The van der Waals surface area contributed by atoms with Crippen LogP contribution < -0.4 is 5.32 Å². The Morgan fingerprint density at radius 2 is 2.16 bits per heavy atom. The molecule has 2 aliphatic rings. The first-order valence-electron chi connectivity index (χ1n) is 7.60. The molecule has 1 unspecified atom stereocenters. The van der Waals surface area contributed by atoms with E-state index in [9.17, 15) is 4.79 Å². The van der Waals surface area contributed by atoms with Crippen molar-refractivity contribution in [1.29, 1.82) is 0 Å². The summed E-state index contributed by atoms with van der Waals surface area (Å²) in [5.41, 5.74) is 0.947. The number of hydrogen-bond acceptors (Lipinski definition) is 3. The molecule has 1 N–H and O–H groups in total. The molecule has 0 aromatic carbocycles. The number of hydrogen-bond donors (Lipinski definition) is 1. The molecule has 1 aromatic rings. The highest BCUT2D eigenvalue weighted by Gasteiger charge is 2.23. The maximum atomic E-state index is 12.1. The molecule has 104 valence electrons. The molecule has 4 heteroatoms. The molecule has 1 aliphatic carbocycles. The molecule has 0 bridgehead atoms. The van der Waals surface area contributed by atoms with Crippen molar-refractivity contribution in [3.8, 4) is 0 Å². The smallest absolute Gasteiger partial charge is 0.143 e. The van der Waals surface area contributed by atoms with Crippen LogP contribution in [0.15, 0.2) is 12.3 Å². The van der Waals surface area contributed by atoms with Gasteiger partial charge in [0, 0.05) is 18.7 Å². The molecule has 2 heterocycles. The van der Waals surface area contributed by atoms with Gasteiger partial charge >= 0.3 is 0 Å². The minimum atomic E-state index is 0.208. The van der Waals surface area contributed by atoms with Gasteiger partial charge in [-0.2, -0.15) is 5.10 Å². The quantitative estimate of drug-likeness (QED) is 0.903. The fourth-order valence-electron chi connectivity index (χ4n) is 3.27. The predicted octanol–water partition coefficient (Wildman–Crippen LogP) is 2.11. The lowest BCUT2D eigenvalue weighted by Gasteiger charge is -2.21. The second-order valence-electron chi connectivity index (χ2n) is 5.91. The Balaban J connectivity index is 1.59. The monoisotopic (exact) mass is 261 g/mol. The van der Waals surface area contributed by atoms with E-state index in [-0.39, 0.29) is 5.92 Å². The van der Waals surface area contributed by atoms with Gasteiger partial charge in [0.05, 0.1) is 18.2 Å². The number of nitrogens with one attached hydrogen (secondary N) is 1. The van der Waals surface area contributed by atoms with Crippen molar-refractivity contribution >= 4 is 5.78 Å². The van der Waals surface area contributed by atoms with Gasteiger partial charge in [0.2, 0.25) is 0 Å². The van der Waals surface area contributed by atoms with Crippen molar-refractivity contribution in [3.05, 3.63) is 18.0 Å². The second-order valence-corrected chi connectivity index (χ2v) is 5.91. The Morgan fingerprint density at radius 3 is 2.89 bits per heavy atom. The van der Waals surface area contributed by atoms with Gasteiger partial charge in [0.1, 0.15) is 5.78 Å². The van der Waals surface area contributed by atoms with E-state index < -0.39 is 0 Å². The lowest BCUT2D eigenvalue weighted by atomic mass is 9.96. The van der Waals surface area contributed by atoms with Crippen LogP contribution in [-0.4, -0.2) is 28.7 Å². The first kappa shape index (κ1) is 12.9. The Labute approximate surface area is 114 Å². The van der Waals surface area contributed by atoms with E-state index in [1.165, 1.54) is 32.1 Å². The van der Waals surface area contributed by atoms with Crippen LogP contribution in [0.2, 0.25) is 0 Å². The van der Waals surface area contributed by atoms with Crippen LogP contribution in [0.4, 0.5) is 0 Å². The van der Waals surface area contributed by atoms with Gasteiger partial charge in [-0.3, -0.25) is 9.48 Å². The zero-order chi connectivity index (χ0) is 13.1. The van der Waals surface area contributed by atoms with E-state index in [4.69, 9.17) is 0 Å². The molecule has 2 fully saturated rings. The molecular weight excluding hydrogens is 238 g/mol. The first-order valence-corrected chi connectivity index (χ1v) is 7.60. The molecule has 1 saturated carbocycles. The van der Waals surface area contributed by atoms with Gasteiger partial charge in [-0.1, -0.05) is 19.3 Å². The number of carbonyl (C=O) groups is 1. The van der Waals surface area contributed by atoms with E-state index in [1.54, 1.807) is 0 Å². The van der Waals surface area contributed by atoms with Crippen molar-refractivity contribution in [2.24, 2.45) is 5.92 Å². The highest BCUT2D eigenvalue weighted by molar-refractivity contribution is 5.83. The molecule has 1 aromatic heterocycles. The lowest BCUT2D eigenvalue weighted by Crippen LogP contribution is -2.20. The fourth-order valence-corrected chi connectivity index (χ4v) is 3.27. The van der Waals surface area contributed by atoms with Gasteiger partial charge in [0.25, 0.3) is 0 Å². The summed E-state index contributed by atoms with van der Waals surface area (Å²) < 4.78 is 2.09. The van der Waals surface area contributed by atoms with Crippen LogP contribution in [-0.2, 0) is 11.2 Å². The van der Waals surface area contributed by atoms with Crippen LogP contribution >= 0.6 is 0 Å². The molecule has 1 saturated heterocycles. The van der Waals surface area contributed by atoms with Gasteiger partial charge in [-0.15, -0.1) is 0 Å². The molecule has 1 atom stereocenters. The fraction of sp³-hybridized carbons (Fsp3) is 0.733. The third-order valence-electron chi connectivity index (χ3n) is 4.48. The predicted molar refractivity (Wildman–Crippen MR) is 74.0 cm³/mol. The largest absolute Gasteiger partial charge is 0.316 e. The van der Waals surface area contributed by atoms with Crippen LogP contribution in [0, 0.1) is 5.92 Å². The standard InChI is InChI=1S/C15H23N3O/c19-15(12-6-8-16-11-12)10-13-7-9-18(17-13)14-4-2-1-3-5-14/h7,9,12,14,16H,1-6,8,10-11H2. The maximum Gasteiger partial charge on any atom is 0.143 e. The lowest BCUT2D eigenvalue weighted by molar-refractivity contribution is -0.121. The van der Waals surface area contributed by atoms with Gasteiger partial charge in [0.15, 0.2) is 0 Å². The Kier molecular flexibility index (Phi) is 3.97. The van der Waals surface area contributed by atoms with Crippen molar-refractivity contribution in [2.45, 2.75) is 51.0 Å². The van der Waals surface area contributed by atoms with Crippen LogP contribution in [0.1, 0.15) is 50.3 Å². The topological polar surface area (TPSA) is 46.9 Å². The molecule has 0 radical (unpaired) electrons. The van der Waals surface area contributed by atoms with Crippen LogP contribution in [0.3, 0.4) is 0 Å². The zero-order valence-corrected chi connectivity index (χ0v) is 11.5. The van der Waals surface area contributed by atoms with Crippen LogP contribution in [0.25, 0.3) is 0 Å². The Hall–Kier alpha value is -1.16. The van der Waals surface area contributed by atoms with Gasteiger partial charge in [-0.25, -0.2) is 0 Å². The van der Waals surface area contributed by atoms with Crippen LogP contribution in [0.5, 0.6) is 0 Å². The minimum absolute atomic E-state index is 0.208. The summed E-state index contributed by atoms with van der Waals surface area (Å²) in [7, 11) is 0. The summed E-state index contributed by atoms with van der Waals surface area (Å²) >= 11 is 0. The molecule has 1 aliphatic heterocycles. The number of ketones is 1. The average molecular weight is 261 g/mol. The molecular formula is C15H23N3O. The molecule has 0 amide bonds. The summed E-state index contributed by atoms with van der Waals surface area (Å²) in [6, 6.07) is 2.58. The molecule has 0 spiro atoms. The van der Waals surface area contributed by atoms with Crippen molar-refractivity contribution in [2.75, 3.05) is 13.1 Å². The third kappa shape index (κ3) is 3.06. The molecule has 4 nitrogen and oxygen atoms in total. The molecule has 3 rings (SSSR count). The Bertz CT molecular complexity index is 428. The van der Waals surface area contributed by atoms with E-state index in [0.717, 1.165) is 25.2 Å². The average Bonchev–Trinajstić information content (AvgIpc) is 3.11. The summed E-state index contributed by atoms with van der Waals surface area (Å²) in [6.07, 6.45) is 10.0. The zero-order valence-electron chi connectivity index (χ0n) is 11.5. The maximum absolute atomic E-state index is 12.1. The summed E-state index contributed by atoms with van der Waals surface area (Å²) in [5.74, 6) is 0.554. The van der Waals surface area contributed by atoms with E-state index in [0.29, 0.717) is 18.2 Å². The summed E-state index contributed by atoms with van der Waals surface area (Å²) in [5, 5.41) is 7.87. The van der Waals surface area contributed by atoms with Crippen molar-refractivity contribution in [3.63, 3.8) is 0 Å². The second kappa shape index (κ2) is 5.87. The van der Waals surface area contributed by atoms with E-state index in [2.05, 4.69) is 21.3 Å². The first-order chi connectivity index (χ1) is 9.33. The van der Waals surface area contributed by atoms with Gasteiger partial charge in [-0.05, 0) is 31.9 Å². The SMILES string of the molecule is O=C(Cc1ccn(C2CCCCC2)n1)C1CCNC1. The number of nitrogens with zero attached hydrogens (tertiary/aromatic N) is 2. The summed E-state index contributed by atoms with van der Waals surface area (Å²) in [6.45, 7) is 1.83. The highest BCUT2D eigenvalue weighted by atomic mass is 16.1. The van der Waals surface area contributed by atoms with E-state index >= 15 is 0 Å². The minimum Gasteiger partial charge on any atom is -0.316 e. The van der Waals surface area contributed by atoms with Gasteiger partial charge < -0.3 is 5.32 Å². The summed E-state index contributed by atoms with van der Waals surface area (Å²) in [4.78, 5) is 12.1. The third-order valence-corrected chi connectivity index (χ3v) is 4.48. The Morgan fingerprint density at radius 1 is 1.32 bits per heavy atom. The number of aromatic nitrogens is 2. The number of Topliss-reactive ketones (excluding diaryl/α,β-unsaturated/α-hetero) is 1. The number of carbonyl (C=O) groups excluding carboxylic acids is 1. The highest BCUT2D eigenvalue weighted by Crippen LogP contribution is 2.27. The number of rotatable bonds is 4. The van der Waals surface area contributed by atoms with Crippen molar-refractivity contribution in [1.82, 2.24) is 15.1 Å². The molecule has 19 heavy (non-hydrogen) atoms. The van der Waals surface area contributed by atoms with E-state index in [1.807, 2.05) is 6.07 Å². The normalized spacial score (nSPS) is 24.7.